The van der Waals surface area contributed by atoms with Gasteiger partial charge >= 0.3 is 37.7 Å². The van der Waals surface area contributed by atoms with Gasteiger partial charge in [-0.25, -0.2) is 0 Å². The van der Waals surface area contributed by atoms with Gasteiger partial charge in [0.05, 0.1) is 11.9 Å². The van der Waals surface area contributed by atoms with E-state index in [0.29, 0.717) is 0 Å². The first kappa shape index (κ1) is 16.6. The molecule has 0 unspecified atom stereocenters. The Hall–Kier alpha value is 2.04. The molecule has 4 heteroatoms. The summed E-state index contributed by atoms with van der Waals surface area (Å²) in [5.41, 5.74) is 0. The fourth-order valence-corrected chi connectivity index (χ4v) is 0. The van der Waals surface area contributed by atoms with Crippen molar-refractivity contribution >= 4 is 67.0 Å². The van der Waals surface area contributed by atoms with Crippen molar-refractivity contribution in [2.75, 3.05) is 0 Å². The van der Waals surface area contributed by atoms with Crippen LogP contribution in [0.5, 0.6) is 0 Å². The molecule has 0 spiro atoms. The van der Waals surface area contributed by atoms with Crippen molar-refractivity contribution < 1.29 is 4.66 Å². The number of hydrogen-bond donors (Lipinski definition) is 1. The van der Waals surface area contributed by atoms with Crippen molar-refractivity contribution in [2.24, 2.45) is 0 Å². The molecule has 0 amide bonds. The van der Waals surface area contributed by atoms with E-state index in [1.165, 1.54) is 0 Å². The molecule has 0 heterocycles. The molecule has 24 valence electrons. The summed E-state index contributed by atoms with van der Waals surface area (Å²) < 4.78 is 6.47. The first-order valence-electron chi connectivity index (χ1n) is 0.169. The van der Waals surface area contributed by atoms with Crippen LogP contribution in [0.15, 0.2) is 0 Å². The van der Waals surface area contributed by atoms with E-state index in [4.69, 9.17) is 4.66 Å². The van der Waals surface area contributed by atoms with E-state index in [9.17, 15) is 0 Å². The second-order valence-corrected chi connectivity index (χ2v) is 0. The zero-order chi connectivity index (χ0) is 2.00. The molecule has 0 rings (SSSR count). The van der Waals surface area contributed by atoms with Crippen LogP contribution in [0, 0.1) is 0 Å². The first-order valence-corrected chi connectivity index (χ1v) is 0.507. The molecule has 1 nitrogen and oxygen atoms in total. The normalized spacial score (nSPS) is 1.50. The van der Waals surface area contributed by atoms with Crippen LogP contribution in [0.25, 0.3) is 0 Å². The Bertz CT molecular complexity index is 8.00. The Balaban J connectivity index is -0.00000000500. The maximum atomic E-state index is 6.47. The zero-order valence-electron chi connectivity index (χ0n) is 0.825. The summed E-state index contributed by atoms with van der Waals surface area (Å²) in [6.07, 6.45) is 0. The molecule has 0 aliphatic carbocycles. The monoisotopic (exact) mass is 124 g/mol. The van der Waals surface area contributed by atoms with Gasteiger partial charge in [-0.2, -0.15) is 0 Å². The van der Waals surface area contributed by atoms with Crippen molar-refractivity contribution in [3.05, 3.63) is 0 Å². The van der Waals surface area contributed by atoms with E-state index in [0.717, 1.165) is 0 Å². The van der Waals surface area contributed by atoms with Crippen LogP contribution in [0.1, 0.15) is 0 Å². The predicted octanol–water partition coefficient (Wildman–Crippen LogP) is -1.97. The molecule has 0 aromatic rings. The summed E-state index contributed by atoms with van der Waals surface area (Å²) in [5, 5.41) is 0. The topological polar surface area (TPSA) is 20.2 Å². The van der Waals surface area contributed by atoms with E-state index >= 15 is 0 Å². The first-order chi connectivity index (χ1) is 1.00. The molecule has 0 aliphatic rings. The van der Waals surface area contributed by atoms with Gasteiger partial charge in [-0.1, -0.05) is 0 Å². The van der Waals surface area contributed by atoms with Gasteiger partial charge in [-0.15, -0.1) is 0 Å². The van der Waals surface area contributed by atoms with E-state index < -0.39 is 0 Å². The average Bonchev–Trinajstić information content (AvgIpc) is 1.00. The van der Waals surface area contributed by atoms with Crippen LogP contribution < -0.4 is 0 Å². The Labute approximate surface area is 70.6 Å². The summed E-state index contributed by atoms with van der Waals surface area (Å²) in [6.45, 7) is 0. The van der Waals surface area contributed by atoms with Crippen molar-refractivity contribution in [3.8, 4) is 0 Å². The van der Waals surface area contributed by atoms with E-state index in [-0.39, 0.29) is 55.1 Å². The van der Waals surface area contributed by atoms with Crippen LogP contribution in [0.3, 0.4) is 0 Å². The van der Waals surface area contributed by atoms with Crippen molar-refractivity contribution in [1.82, 2.24) is 0 Å². The van der Waals surface area contributed by atoms with Crippen LogP contribution in [-0.2, 0) is 0 Å². The molecule has 0 bridgehead atoms. The van der Waals surface area contributed by atoms with Crippen molar-refractivity contribution in [2.45, 2.75) is 0 Å². The zero-order valence-corrected chi connectivity index (χ0v) is 1.58. The quantitative estimate of drug-likeness (QED) is 0.372. The van der Waals surface area contributed by atoms with E-state index in [1.807, 2.05) is 0 Å². The fraction of sp³-hybridized carbons (Fsp3) is 0. The summed E-state index contributed by atoms with van der Waals surface area (Å²) in [7, 11) is 0. The summed E-state index contributed by atoms with van der Waals surface area (Å²) in [4.78, 5) is 0. The van der Waals surface area contributed by atoms with Gasteiger partial charge < -0.3 is 0 Å². The molecule has 0 radical (unpaired) electrons. The van der Waals surface area contributed by atoms with Crippen molar-refractivity contribution in [1.29, 1.82) is 0 Å². The van der Waals surface area contributed by atoms with Gasteiger partial charge in [0, 0.05) is 0 Å². The standard InChI is InChI=1S/Al.Ca.ClHO.5H/c;;1-2;;;;;/h;;2H;;;;;. The van der Waals surface area contributed by atoms with Crippen molar-refractivity contribution in [3.63, 3.8) is 0 Å². The Morgan fingerprint density at radius 3 is 1.25 bits per heavy atom. The second kappa shape index (κ2) is 19.8. The maximum absolute atomic E-state index is 6.47. The Morgan fingerprint density at radius 2 is 1.25 bits per heavy atom. The minimum atomic E-state index is 0. The van der Waals surface area contributed by atoms with E-state index in [2.05, 4.69) is 11.9 Å². The molecule has 0 saturated heterocycles. The summed E-state index contributed by atoms with van der Waals surface area (Å²) in [5.74, 6) is 0. The molecule has 4 heavy (non-hydrogen) atoms. The van der Waals surface area contributed by atoms with Gasteiger partial charge in [-0.05, 0) is 0 Å². The van der Waals surface area contributed by atoms with Gasteiger partial charge in [0.25, 0.3) is 0 Å². The molecule has 0 aromatic carbocycles. The van der Waals surface area contributed by atoms with Gasteiger partial charge in [0.1, 0.15) is 0 Å². The Kier molecular flexibility index (Phi) is 82.0. The SMILES string of the molecule is OCl.[AlH3].[CaH2]. The molecular formula is H6AlCaClO. The van der Waals surface area contributed by atoms with Crippen LogP contribution in [0.4, 0.5) is 0 Å². The van der Waals surface area contributed by atoms with Gasteiger partial charge in [0.15, 0.2) is 17.4 Å². The third kappa shape index (κ3) is 8.97. The molecule has 1 N–H and O–H groups in total. The molecule has 0 aromatic heterocycles. The van der Waals surface area contributed by atoms with Crippen LogP contribution in [0.2, 0.25) is 0 Å². The Morgan fingerprint density at radius 1 is 1.25 bits per heavy atom. The molecule has 0 saturated carbocycles. The predicted molar refractivity (Wildman–Crippen MR) is 26.6 cm³/mol. The molecule has 0 atom stereocenters. The third-order valence-electron chi connectivity index (χ3n) is 0. The number of hydrogen-bond acceptors (Lipinski definition) is 1. The summed E-state index contributed by atoms with van der Waals surface area (Å²) in [6, 6.07) is 0. The van der Waals surface area contributed by atoms with Crippen LogP contribution in [-0.4, -0.2) is 59.8 Å². The second-order valence-electron chi connectivity index (χ2n) is 0. The molecular weight excluding hydrogens is 119 g/mol. The van der Waals surface area contributed by atoms with E-state index in [1.54, 1.807) is 0 Å². The number of rotatable bonds is 0. The third-order valence-corrected chi connectivity index (χ3v) is 0. The minimum absolute atomic E-state index is 0. The number of halogens is 1. The van der Waals surface area contributed by atoms with Gasteiger partial charge in [0.2, 0.25) is 0 Å². The fourth-order valence-electron chi connectivity index (χ4n) is 0. The average molecular weight is 125 g/mol. The molecule has 0 aliphatic heterocycles. The summed E-state index contributed by atoms with van der Waals surface area (Å²) >= 11 is 3.64. The van der Waals surface area contributed by atoms with Crippen LogP contribution >= 0.6 is 11.9 Å². The molecule has 0 fully saturated rings. The van der Waals surface area contributed by atoms with Gasteiger partial charge in [-0.3, -0.25) is 4.66 Å².